The standard InChI is InChI=1S/C13H16N6O/c20-13(10-6-9(15-16-10)8-3-4-8)14-7-12-18-17-11-2-1-5-19(11)12/h6,8H,1-5,7H2,(H,14,20)(H,15,16). The van der Waals surface area contributed by atoms with Crippen LogP contribution in [0.4, 0.5) is 0 Å². The van der Waals surface area contributed by atoms with Gasteiger partial charge in [0.25, 0.3) is 5.91 Å². The number of rotatable bonds is 4. The summed E-state index contributed by atoms with van der Waals surface area (Å²) in [5.74, 6) is 2.25. The van der Waals surface area contributed by atoms with Crippen molar-refractivity contribution in [2.45, 2.75) is 44.7 Å². The topological polar surface area (TPSA) is 88.5 Å². The summed E-state index contributed by atoms with van der Waals surface area (Å²) >= 11 is 0. The van der Waals surface area contributed by atoms with Crippen LogP contribution in [-0.2, 0) is 19.5 Å². The number of nitrogens with zero attached hydrogens (tertiary/aromatic N) is 4. The lowest BCUT2D eigenvalue weighted by Gasteiger charge is -2.03. The molecule has 4 rings (SSSR count). The van der Waals surface area contributed by atoms with E-state index in [2.05, 4.69) is 30.3 Å². The van der Waals surface area contributed by atoms with E-state index in [-0.39, 0.29) is 5.91 Å². The van der Waals surface area contributed by atoms with Gasteiger partial charge in [-0.1, -0.05) is 0 Å². The molecule has 1 saturated carbocycles. The van der Waals surface area contributed by atoms with Gasteiger partial charge in [0.05, 0.1) is 6.54 Å². The number of fused-ring (bicyclic) bond motifs is 1. The molecule has 0 radical (unpaired) electrons. The number of hydrogen-bond donors (Lipinski definition) is 2. The van der Waals surface area contributed by atoms with Crippen LogP contribution in [0.15, 0.2) is 6.07 Å². The zero-order valence-electron chi connectivity index (χ0n) is 11.1. The first-order valence-electron chi connectivity index (χ1n) is 7.06. The van der Waals surface area contributed by atoms with Crippen molar-refractivity contribution in [3.63, 3.8) is 0 Å². The van der Waals surface area contributed by atoms with Crippen LogP contribution >= 0.6 is 0 Å². The van der Waals surface area contributed by atoms with Gasteiger partial charge in [-0.05, 0) is 25.3 Å². The molecule has 0 saturated heterocycles. The maximum atomic E-state index is 12.0. The second-order valence-electron chi connectivity index (χ2n) is 5.45. The van der Waals surface area contributed by atoms with E-state index in [9.17, 15) is 4.79 Å². The minimum Gasteiger partial charge on any atom is -0.343 e. The summed E-state index contributed by atoms with van der Waals surface area (Å²) in [7, 11) is 0. The number of H-pyrrole nitrogens is 1. The zero-order valence-corrected chi connectivity index (χ0v) is 11.1. The van der Waals surface area contributed by atoms with E-state index in [1.54, 1.807) is 0 Å². The Morgan fingerprint density at radius 2 is 2.35 bits per heavy atom. The highest BCUT2D eigenvalue weighted by molar-refractivity contribution is 5.92. The smallest absolute Gasteiger partial charge is 0.272 e. The SMILES string of the molecule is O=C(NCc1nnc2n1CCC2)c1cc(C2CC2)[nH]n1. The summed E-state index contributed by atoms with van der Waals surface area (Å²) < 4.78 is 2.08. The van der Waals surface area contributed by atoms with Crippen molar-refractivity contribution in [1.29, 1.82) is 0 Å². The third-order valence-electron chi connectivity index (χ3n) is 3.94. The van der Waals surface area contributed by atoms with Gasteiger partial charge in [-0.2, -0.15) is 5.10 Å². The molecule has 104 valence electrons. The molecule has 1 amide bonds. The first-order chi connectivity index (χ1) is 9.81. The van der Waals surface area contributed by atoms with Gasteiger partial charge in [0.15, 0.2) is 5.82 Å². The fraction of sp³-hybridized carbons (Fsp3) is 0.538. The van der Waals surface area contributed by atoms with Crippen LogP contribution in [0, 0.1) is 0 Å². The molecule has 0 bridgehead atoms. The Bertz CT molecular complexity index is 654. The number of aromatic nitrogens is 5. The molecule has 7 heteroatoms. The van der Waals surface area contributed by atoms with E-state index in [1.165, 1.54) is 12.8 Å². The highest BCUT2D eigenvalue weighted by Gasteiger charge is 2.26. The van der Waals surface area contributed by atoms with Gasteiger partial charge >= 0.3 is 0 Å². The predicted molar refractivity (Wildman–Crippen MR) is 70.1 cm³/mol. The molecule has 0 unspecified atom stereocenters. The van der Waals surface area contributed by atoms with Gasteiger partial charge in [0, 0.05) is 24.6 Å². The number of carbonyl (C=O) groups excluding carboxylic acids is 1. The van der Waals surface area contributed by atoms with E-state index in [0.717, 1.165) is 36.7 Å². The first kappa shape index (κ1) is 11.6. The maximum Gasteiger partial charge on any atom is 0.272 e. The first-order valence-corrected chi connectivity index (χ1v) is 7.06. The maximum absolute atomic E-state index is 12.0. The quantitative estimate of drug-likeness (QED) is 0.859. The summed E-state index contributed by atoms with van der Waals surface area (Å²) in [5, 5.41) is 18.1. The second-order valence-corrected chi connectivity index (χ2v) is 5.45. The molecule has 20 heavy (non-hydrogen) atoms. The van der Waals surface area contributed by atoms with Gasteiger partial charge in [0.1, 0.15) is 11.5 Å². The molecule has 2 aliphatic rings. The fourth-order valence-electron chi connectivity index (χ4n) is 2.65. The van der Waals surface area contributed by atoms with E-state index >= 15 is 0 Å². The molecule has 0 aromatic carbocycles. The van der Waals surface area contributed by atoms with Crippen LogP contribution in [0.5, 0.6) is 0 Å². The second kappa shape index (κ2) is 4.43. The van der Waals surface area contributed by atoms with Crippen LogP contribution < -0.4 is 5.32 Å². The average Bonchev–Trinajstić information content (AvgIpc) is 2.91. The van der Waals surface area contributed by atoms with Crippen molar-refractivity contribution in [2.24, 2.45) is 0 Å². The molecule has 0 spiro atoms. The number of carbonyl (C=O) groups is 1. The third kappa shape index (κ3) is 1.99. The van der Waals surface area contributed by atoms with Crippen molar-refractivity contribution >= 4 is 5.91 Å². The third-order valence-corrected chi connectivity index (χ3v) is 3.94. The largest absolute Gasteiger partial charge is 0.343 e. The van der Waals surface area contributed by atoms with Gasteiger partial charge in [0.2, 0.25) is 0 Å². The van der Waals surface area contributed by atoms with Crippen LogP contribution in [0.3, 0.4) is 0 Å². The Hall–Kier alpha value is -2.18. The van der Waals surface area contributed by atoms with Crippen LogP contribution in [0.2, 0.25) is 0 Å². The molecule has 0 atom stereocenters. The van der Waals surface area contributed by atoms with E-state index < -0.39 is 0 Å². The molecule has 7 nitrogen and oxygen atoms in total. The van der Waals surface area contributed by atoms with Crippen molar-refractivity contribution < 1.29 is 4.79 Å². The average molecular weight is 272 g/mol. The van der Waals surface area contributed by atoms with Gasteiger partial charge in [-0.15, -0.1) is 10.2 Å². The Morgan fingerprint density at radius 1 is 1.45 bits per heavy atom. The van der Waals surface area contributed by atoms with E-state index in [1.807, 2.05) is 6.07 Å². The van der Waals surface area contributed by atoms with Crippen LogP contribution in [0.1, 0.15) is 53.0 Å². The lowest BCUT2D eigenvalue weighted by atomic mass is 10.2. The molecule has 2 aromatic heterocycles. The zero-order chi connectivity index (χ0) is 13.5. The summed E-state index contributed by atoms with van der Waals surface area (Å²) in [6, 6.07) is 1.85. The lowest BCUT2D eigenvalue weighted by Crippen LogP contribution is -2.25. The molecule has 1 aliphatic heterocycles. The molecular formula is C13H16N6O. The monoisotopic (exact) mass is 272 g/mol. The predicted octanol–water partition coefficient (Wildman–Crippen LogP) is 0.755. The summed E-state index contributed by atoms with van der Waals surface area (Å²) in [4.78, 5) is 12.0. The summed E-state index contributed by atoms with van der Waals surface area (Å²) in [5.41, 5.74) is 1.52. The number of aryl methyl sites for hydroxylation is 1. The number of nitrogens with one attached hydrogen (secondary N) is 2. The van der Waals surface area contributed by atoms with Gasteiger partial charge < -0.3 is 9.88 Å². The van der Waals surface area contributed by atoms with Crippen molar-refractivity contribution in [3.8, 4) is 0 Å². The highest BCUT2D eigenvalue weighted by atomic mass is 16.1. The van der Waals surface area contributed by atoms with E-state index in [4.69, 9.17) is 0 Å². The molecule has 1 aliphatic carbocycles. The highest BCUT2D eigenvalue weighted by Crippen LogP contribution is 2.38. The summed E-state index contributed by atoms with van der Waals surface area (Å²) in [6.45, 7) is 1.35. The van der Waals surface area contributed by atoms with Gasteiger partial charge in [-0.25, -0.2) is 0 Å². The molecule has 2 N–H and O–H groups in total. The van der Waals surface area contributed by atoms with Crippen molar-refractivity contribution in [1.82, 2.24) is 30.3 Å². The number of amides is 1. The fourth-order valence-corrected chi connectivity index (χ4v) is 2.65. The minimum atomic E-state index is -0.163. The molecule has 1 fully saturated rings. The Labute approximate surface area is 115 Å². The van der Waals surface area contributed by atoms with Crippen LogP contribution in [-0.4, -0.2) is 30.9 Å². The van der Waals surface area contributed by atoms with Crippen LogP contribution in [0.25, 0.3) is 0 Å². The number of hydrogen-bond acceptors (Lipinski definition) is 4. The Balaban J connectivity index is 1.41. The molecule has 2 aromatic rings. The Kier molecular flexibility index (Phi) is 2.58. The molecule has 3 heterocycles. The van der Waals surface area contributed by atoms with E-state index in [0.29, 0.717) is 18.2 Å². The number of aromatic amines is 1. The molecular weight excluding hydrogens is 256 g/mol. The lowest BCUT2D eigenvalue weighted by molar-refractivity contribution is 0.0944. The normalized spacial score (nSPS) is 17.2. The van der Waals surface area contributed by atoms with Crippen molar-refractivity contribution in [3.05, 3.63) is 29.1 Å². The summed E-state index contributed by atoms with van der Waals surface area (Å²) in [6.07, 6.45) is 4.46. The Morgan fingerprint density at radius 3 is 3.20 bits per heavy atom. The van der Waals surface area contributed by atoms with Crippen molar-refractivity contribution in [2.75, 3.05) is 0 Å². The van der Waals surface area contributed by atoms with Gasteiger partial charge in [-0.3, -0.25) is 9.89 Å². The minimum absolute atomic E-state index is 0.163.